The van der Waals surface area contributed by atoms with Crippen molar-refractivity contribution in [2.45, 2.75) is 13.2 Å². The number of rotatable bonds is 0. The van der Waals surface area contributed by atoms with Gasteiger partial charge in [-0.15, -0.1) is 0 Å². The molecule has 3 rings (SSSR count). The minimum absolute atomic E-state index is 0.214. The first-order valence-corrected chi connectivity index (χ1v) is 4.58. The Balaban J connectivity index is 2.38. The fourth-order valence-corrected chi connectivity index (χ4v) is 1.85. The number of hydrogen-bond donors (Lipinski definition) is 0. The lowest BCUT2D eigenvalue weighted by Gasteiger charge is -2.13. The van der Waals surface area contributed by atoms with Crippen LogP contribution in [0.3, 0.4) is 0 Å². The molecule has 3 nitrogen and oxygen atoms in total. The van der Waals surface area contributed by atoms with Crippen molar-refractivity contribution in [1.29, 1.82) is 0 Å². The molecule has 0 saturated carbocycles. The van der Waals surface area contributed by atoms with Crippen molar-refractivity contribution < 1.29 is 9.13 Å². The summed E-state index contributed by atoms with van der Waals surface area (Å²) in [6.45, 7) is 1.82. The Bertz CT molecular complexity index is 492. The van der Waals surface area contributed by atoms with Crippen LogP contribution < -0.4 is 0 Å². The molecular formula is C10H9FN2O. The van der Waals surface area contributed by atoms with Crippen molar-refractivity contribution in [1.82, 2.24) is 9.78 Å². The van der Waals surface area contributed by atoms with Crippen molar-refractivity contribution in [2.24, 2.45) is 0 Å². The van der Waals surface area contributed by atoms with Gasteiger partial charge in [-0.05, 0) is 12.1 Å². The number of benzene rings is 1. The first kappa shape index (κ1) is 7.94. The van der Waals surface area contributed by atoms with E-state index in [0.717, 1.165) is 5.69 Å². The molecule has 14 heavy (non-hydrogen) atoms. The third-order valence-corrected chi connectivity index (χ3v) is 2.51. The number of aromatic nitrogens is 2. The lowest BCUT2D eigenvalue weighted by Crippen LogP contribution is -2.17. The molecule has 1 aromatic heterocycles. The fraction of sp³-hybridized carbons (Fsp3) is 0.300. The van der Waals surface area contributed by atoms with Crippen LogP contribution in [0.2, 0.25) is 0 Å². The lowest BCUT2D eigenvalue weighted by molar-refractivity contribution is 0.0810. The molecule has 2 aromatic rings. The smallest absolute Gasteiger partial charge is 0.134 e. The van der Waals surface area contributed by atoms with E-state index in [4.69, 9.17) is 4.74 Å². The Morgan fingerprint density at radius 3 is 3.29 bits per heavy atom. The average molecular weight is 192 g/mol. The molecule has 0 amide bonds. The van der Waals surface area contributed by atoms with E-state index in [9.17, 15) is 4.39 Å². The molecule has 0 unspecified atom stereocenters. The number of hydrogen-bond acceptors (Lipinski definition) is 2. The molecule has 1 aliphatic rings. The van der Waals surface area contributed by atoms with Gasteiger partial charge < -0.3 is 4.74 Å². The first-order chi connectivity index (χ1) is 6.86. The van der Waals surface area contributed by atoms with Crippen LogP contribution in [0.5, 0.6) is 0 Å². The number of fused-ring (bicyclic) bond motifs is 3. The van der Waals surface area contributed by atoms with Gasteiger partial charge in [0, 0.05) is 0 Å². The van der Waals surface area contributed by atoms with Gasteiger partial charge in [-0.3, -0.25) is 4.68 Å². The largest absolute Gasteiger partial charge is 0.373 e. The van der Waals surface area contributed by atoms with Gasteiger partial charge in [0.15, 0.2) is 0 Å². The Kier molecular flexibility index (Phi) is 1.58. The average Bonchev–Trinajstić information content (AvgIpc) is 2.57. The normalized spacial score (nSPS) is 15.8. The molecule has 0 radical (unpaired) electrons. The second-order valence-corrected chi connectivity index (χ2v) is 3.36. The highest BCUT2D eigenvalue weighted by molar-refractivity contribution is 5.82. The molecule has 0 aliphatic carbocycles. The van der Waals surface area contributed by atoms with Crippen molar-refractivity contribution in [3.63, 3.8) is 0 Å². The van der Waals surface area contributed by atoms with Crippen LogP contribution in [0.15, 0.2) is 18.2 Å². The lowest BCUT2D eigenvalue weighted by atomic mass is 10.2. The van der Waals surface area contributed by atoms with Gasteiger partial charge in [-0.1, -0.05) is 6.07 Å². The fourth-order valence-electron chi connectivity index (χ4n) is 1.85. The van der Waals surface area contributed by atoms with E-state index in [2.05, 4.69) is 5.10 Å². The monoisotopic (exact) mass is 192 g/mol. The van der Waals surface area contributed by atoms with E-state index in [1.807, 2.05) is 10.7 Å². The van der Waals surface area contributed by atoms with Crippen LogP contribution in [0.4, 0.5) is 4.39 Å². The molecule has 2 heterocycles. The van der Waals surface area contributed by atoms with E-state index in [1.165, 1.54) is 6.07 Å². The van der Waals surface area contributed by atoms with Gasteiger partial charge in [0.1, 0.15) is 5.82 Å². The Morgan fingerprint density at radius 2 is 2.36 bits per heavy atom. The zero-order chi connectivity index (χ0) is 9.54. The van der Waals surface area contributed by atoms with E-state index in [-0.39, 0.29) is 5.82 Å². The van der Waals surface area contributed by atoms with Gasteiger partial charge in [0.05, 0.1) is 36.4 Å². The van der Waals surface area contributed by atoms with Crippen molar-refractivity contribution in [3.8, 4) is 0 Å². The maximum Gasteiger partial charge on any atom is 0.134 e. The third kappa shape index (κ3) is 0.974. The minimum Gasteiger partial charge on any atom is -0.373 e. The molecule has 4 heteroatoms. The summed E-state index contributed by atoms with van der Waals surface area (Å²) in [6.07, 6.45) is 0. The third-order valence-electron chi connectivity index (χ3n) is 2.51. The zero-order valence-corrected chi connectivity index (χ0v) is 7.53. The predicted octanol–water partition coefficient (Wildman–Crippen LogP) is 1.71. The molecular weight excluding hydrogens is 183 g/mol. The predicted molar refractivity (Wildman–Crippen MR) is 49.3 cm³/mol. The molecule has 0 bridgehead atoms. The van der Waals surface area contributed by atoms with E-state index in [0.29, 0.717) is 30.7 Å². The summed E-state index contributed by atoms with van der Waals surface area (Å²) in [5.74, 6) is -0.214. The van der Waals surface area contributed by atoms with E-state index < -0.39 is 0 Å². The maximum atomic E-state index is 13.5. The summed E-state index contributed by atoms with van der Waals surface area (Å²) in [4.78, 5) is 0. The van der Waals surface area contributed by atoms with Crippen LogP contribution >= 0.6 is 0 Å². The van der Waals surface area contributed by atoms with E-state index >= 15 is 0 Å². The Hall–Kier alpha value is -1.42. The van der Waals surface area contributed by atoms with Gasteiger partial charge in [-0.25, -0.2) is 4.39 Å². The van der Waals surface area contributed by atoms with Gasteiger partial charge in [0.25, 0.3) is 0 Å². The summed E-state index contributed by atoms with van der Waals surface area (Å²) in [5.41, 5.74) is 1.56. The summed E-state index contributed by atoms with van der Waals surface area (Å²) in [6, 6.07) is 4.96. The number of halogens is 1. The zero-order valence-electron chi connectivity index (χ0n) is 7.53. The molecule has 0 saturated heterocycles. The quantitative estimate of drug-likeness (QED) is 0.635. The Morgan fingerprint density at radius 1 is 1.43 bits per heavy atom. The summed E-state index contributed by atoms with van der Waals surface area (Å²) < 4.78 is 20.6. The van der Waals surface area contributed by atoms with Gasteiger partial charge in [-0.2, -0.15) is 5.10 Å². The number of ether oxygens (including phenoxy) is 1. The topological polar surface area (TPSA) is 27.1 Å². The molecule has 0 fully saturated rings. The van der Waals surface area contributed by atoms with Crippen LogP contribution in [-0.4, -0.2) is 16.4 Å². The molecule has 72 valence electrons. The standard InChI is InChI=1S/C10H9FN2O/c11-7-2-1-3-8-10(7)9-6-14-5-4-13(9)12-8/h1-3H,4-6H2. The molecule has 1 aliphatic heterocycles. The van der Waals surface area contributed by atoms with E-state index in [1.54, 1.807) is 6.07 Å². The summed E-state index contributed by atoms with van der Waals surface area (Å²) in [7, 11) is 0. The van der Waals surface area contributed by atoms with Gasteiger partial charge in [0.2, 0.25) is 0 Å². The first-order valence-electron chi connectivity index (χ1n) is 4.58. The van der Waals surface area contributed by atoms with Crippen molar-refractivity contribution >= 4 is 10.9 Å². The van der Waals surface area contributed by atoms with Gasteiger partial charge >= 0.3 is 0 Å². The summed E-state index contributed by atoms with van der Waals surface area (Å²) >= 11 is 0. The highest BCUT2D eigenvalue weighted by Crippen LogP contribution is 2.23. The van der Waals surface area contributed by atoms with Crippen LogP contribution in [0.25, 0.3) is 10.9 Å². The minimum atomic E-state index is -0.214. The maximum absolute atomic E-state index is 13.5. The highest BCUT2D eigenvalue weighted by atomic mass is 19.1. The van der Waals surface area contributed by atoms with Crippen LogP contribution in [0.1, 0.15) is 5.69 Å². The molecule has 0 atom stereocenters. The molecule has 1 aromatic carbocycles. The SMILES string of the molecule is Fc1cccc2nn3c(c12)COCC3. The molecule has 0 spiro atoms. The second kappa shape index (κ2) is 2.78. The summed E-state index contributed by atoms with van der Waals surface area (Å²) in [5, 5.41) is 4.91. The Labute approximate surface area is 80.1 Å². The van der Waals surface area contributed by atoms with Crippen LogP contribution in [-0.2, 0) is 17.9 Å². The molecule has 0 N–H and O–H groups in total. The van der Waals surface area contributed by atoms with Crippen LogP contribution in [0, 0.1) is 5.82 Å². The van der Waals surface area contributed by atoms with Crippen molar-refractivity contribution in [3.05, 3.63) is 29.7 Å². The van der Waals surface area contributed by atoms with Crippen molar-refractivity contribution in [2.75, 3.05) is 6.61 Å². The second-order valence-electron chi connectivity index (χ2n) is 3.36. The number of nitrogens with zero attached hydrogens (tertiary/aromatic N) is 2. The highest BCUT2D eigenvalue weighted by Gasteiger charge is 2.17.